The second-order valence-electron chi connectivity index (χ2n) is 3.17. The summed E-state index contributed by atoms with van der Waals surface area (Å²) in [6.07, 6.45) is 0.371. The van der Waals surface area contributed by atoms with Gasteiger partial charge >= 0.3 is 8.25 Å². The van der Waals surface area contributed by atoms with Gasteiger partial charge < -0.3 is 9.05 Å². The lowest BCUT2D eigenvalue weighted by atomic mass is 10.1. The van der Waals surface area contributed by atoms with Crippen LogP contribution in [0.25, 0.3) is 0 Å². The highest BCUT2D eigenvalue weighted by atomic mass is 79.9. The van der Waals surface area contributed by atoms with Crippen LogP contribution in [-0.4, -0.2) is 6.61 Å². The summed E-state index contributed by atoms with van der Waals surface area (Å²) in [7, 11) is -2.37. The van der Waals surface area contributed by atoms with Crippen LogP contribution in [0.3, 0.4) is 0 Å². The molecule has 1 heterocycles. The molecule has 1 saturated heterocycles. The third kappa shape index (κ3) is 2.67. The van der Waals surface area contributed by atoms with Gasteiger partial charge in [-0.3, -0.25) is 4.57 Å². The molecule has 2 atom stereocenters. The van der Waals surface area contributed by atoms with Crippen molar-refractivity contribution in [1.29, 1.82) is 0 Å². The van der Waals surface area contributed by atoms with Gasteiger partial charge in [-0.05, 0) is 33.6 Å². The van der Waals surface area contributed by atoms with Crippen LogP contribution >= 0.6 is 24.2 Å². The van der Waals surface area contributed by atoms with E-state index in [9.17, 15) is 8.96 Å². The summed E-state index contributed by atoms with van der Waals surface area (Å²) in [5.74, 6) is -0.321. The average Bonchev–Trinajstić information content (AvgIpc) is 2.22. The molecule has 1 aromatic rings. The lowest BCUT2D eigenvalue weighted by molar-refractivity contribution is 0.0967. The van der Waals surface area contributed by atoms with E-state index in [0.29, 0.717) is 17.5 Å². The van der Waals surface area contributed by atoms with Gasteiger partial charge in [-0.15, -0.1) is 0 Å². The fraction of sp³-hybridized carbons (Fsp3) is 0.333. The molecule has 1 fully saturated rings. The standard InChI is InChI=1S/C9H9BrFO3P/c10-7-5-6(1-2-8(7)11)9-3-4-13-15(12)14-9/h1-2,5,9,15H,3-4H2/t9-/m0/s1. The summed E-state index contributed by atoms with van der Waals surface area (Å²) >= 11 is 3.10. The summed E-state index contributed by atoms with van der Waals surface area (Å²) in [6.45, 7) is 0.414. The zero-order chi connectivity index (χ0) is 10.8. The van der Waals surface area contributed by atoms with Gasteiger partial charge in [0.25, 0.3) is 0 Å². The lowest BCUT2D eigenvalue weighted by Gasteiger charge is -2.22. The van der Waals surface area contributed by atoms with E-state index in [1.807, 2.05) is 0 Å². The van der Waals surface area contributed by atoms with Gasteiger partial charge in [0.2, 0.25) is 0 Å². The van der Waals surface area contributed by atoms with E-state index in [1.54, 1.807) is 12.1 Å². The molecule has 1 aliphatic rings. The first-order valence-corrected chi connectivity index (χ1v) is 6.47. The number of benzene rings is 1. The Morgan fingerprint density at radius 1 is 1.53 bits per heavy atom. The van der Waals surface area contributed by atoms with E-state index in [-0.39, 0.29) is 11.9 Å². The van der Waals surface area contributed by atoms with Crippen molar-refractivity contribution in [3.63, 3.8) is 0 Å². The van der Waals surface area contributed by atoms with Gasteiger partial charge in [0.1, 0.15) is 5.82 Å². The van der Waals surface area contributed by atoms with Crippen molar-refractivity contribution >= 4 is 24.2 Å². The van der Waals surface area contributed by atoms with Crippen LogP contribution in [0.5, 0.6) is 0 Å². The van der Waals surface area contributed by atoms with E-state index < -0.39 is 8.25 Å². The average molecular weight is 295 g/mol. The molecule has 0 radical (unpaired) electrons. The quantitative estimate of drug-likeness (QED) is 0.744. The highest BCUT2D eigenvalue weighted by molar-refractivity contribution is 9.10. The Morgan fingerprint density at radius 3 is 3.00 bits per heavy atom. The predicted molar refractivity (Wildman–Crippen MR) is 57.5 cm³/mol. The summed E-state index contributed by atoms with van der Waals surface area (Å²) in [5, 5.41) is 0. The SMILES string of the molecule is O=[PH]1OCC[C@@H](c2ccc(F)c(Br)c2)O1. The molecular formula is C9H9BrFO3P. The highest BCUT2D eigenvalue weighted by Crippen LogP contribution is 2.40. The Hall–Kier alpha value is -0.220. The number of rotatable bonds is 1. The smallest absolute Gasteiger partial charge is 0.311 e. The molecule has 0 aliphatic carbocycles. The molecule has 0 aromatic heterocycles. The first kappa shape index (κ1) is 11.3. The van der Waals surface area contributed by atoms with Gasteiger partial charge in [-0.1, -0.05) is 6.07 Å². The number of hydrogen-bond donors (Lipinski definition) is 0. The first-order valence-electron chi connectivity index (χ1n) is 4.45. The minimum absolute atomic E-state index is 0.262. The van der Waals surface area contributed by atoms with E-state index in [2.05, 4.69) is 15.9 Å². The molecule has 3 nitrogen and oxygen atoms in total. The molecule has 0 N–H and O–H groups in total. The molecule has 0 saturated carbocycles. The molecule has 2 rings (SSSR count). The highest BCUT2D eigenvalue weighted by Gasteiger charge is 2.21. The zero-order valence-electron chi connectivity index (χ0n) is 7.70. The molecule has 0 amide bonds. The molecule has 1 unspecified atom stereocenters. The van der Waals surface area contributed by atoms with Crippen LogP contribution < -0.4 is 0 Å². The molecule has 0 spiro atoms. The van der Waals surface area contributed by atoms with Crippen LogP contribution in [0.1, 0.15) is 18.1 Å². The van der Waals surface area contributed by atoms with Crippen molar-refractivity contribution < 1.29 is 18.0 Å². The van der Waals surface area contributed by atoms with E-state index >= 15 is 0 Å². The summed E-state index contributed by atoms with van der Waals surface area (Å²) in [4.78, 5) is 0. The summed E-state index contributed by atoms with van der Waals surface area (Å²) in [6, 6.07) is 4.63. The van der Waals surface area contributed by atoms with Crippen molar-refractivity contribution in [2.75, 3.05) is 6.61 Å². The molecule has 82 valence electrons. The summed E-state index contributed by atoms with van der Waals surface area (Å²) < 4.78 is 34.4. The van der Waals surface area contributed by atoms with Gasteiger partial charge in [0.15, 0.2) is 0 Å². The maximum atomic E-state index is 13.0. The van der Waals surface area contributed by atoms with Crippen molar-refractivity contribution in [3.8, 4) is 0 Å². The van der Waals surface area contributed by atoms with Gasteiger partial charge in [0.05, 0.1) is 17.2 Å². The topological polar surface area (TPSA) is 35.5 Å². The second kappa shape index (κ2) is 4.74. The van der Waals surface area contributed by atoms with Crippen molar-refractivity contribution in [2.45, 2.75) is 12.5 Å². The van der Waals surface area contributed by atoms with E-state index in [4.69, 9.17) is 9.05 Å². The molecule has 6 heteroatoms. The fourth-order valence-electron chi connectivity index (χ4n) is 1.41. The maximum Gasteiger partial charge on any atom is 0.319 e. The monoisotopic (exact) mass is 294 g/mol. The second-order valence-corrected chi connectivity index (χ2v) is 5.05. The Balaban J connectivity index is 2.21. The predicted octanol–water partition coefficient (Wildman–Crippen LogP) is 3.46. The Bertz CT molecular complexity index is 399. The number of halogens is 2. The van der Waals surface area contributed by atoms with Crippen LogP contribution in [-0.2, 0) is 13.6 Å². The largest absolute Gasteiger partial charge is 0.319 e. The maximum absolute atomic E-state index is 13.0. The van der Waals surface area contributed by atoms with Crippen molar-refractivity contribution in [3.05, 3.63) is 34.1 Å². The molecule has 0 bridgehead atoms. The number of hydrogen-bond acceptors (Lipinski definition) is 3. The third-order valence-electron chi connectivity index (χ3n) is 2.15. The van der Waals surface area contributed by atoms with Crippen molar-refractivity contribution in [2.24, 2.45) is 0 Å². The fourth-order valence-corrected chi connectivity index (χ4v) is 2.64. The molecular weight excluding hydrogens is 286 g/mol. The van der Waals surface area contributed by atoms with E-state index in [0.717, 1.165) is 5.56 Å². The molecule has 15 heavy (non-hydrogen) atoms. The minimum Gasteiger partial charge on any atom is -0.311 e. The van der Waals surface area contributed by atoms with E-state index in [1.165, 1.54) is 6.07 Å². The zero-order valence-corrected chi connectivity index (χ0v) is 10.3. The lowest BCUT2D eigenvalue weighted by Crippen LogP contribution is -2.09. The minimum atomic E-state index is -2.37. The first-order chi connectivity index (χ1) is 7.16. The summed E-state index contributed by atoms with van der Waals surface area (Å²) in [5.41, 5.74) is 0.810. The Kier molecular flexibility index (Phi) is 3.57. The third-order valence-corrected chi connectivity index (χ3v) is 3.68. The van der Waals surface area contributed by atoms with Crippen LogP contribution in [0.4, 0.5) is 4.39 Å². The normalized spacial score (nSPS) is 26.5. The Morgan fingerprint density at radius 2 is 2.33 bits per heavy atom. The van der Waals surface area contributed by atoms with Gasteiger partial charge in [-0.2, -0.15) is 0 Å². The van der Waals surface area contributed by atoms with Gasteiger partial charge in [-0.25, -0.2) is 4.39 Å². The van der Waals surface area contributed by atoms with Crippen molar-refractivity contribution in [1.82, 2.24) is 0 Å². The van der Waals surface area contributed by atoms with Crippen LogP contribution in [0, 0.1) is 5.82 Å². The Labute approximate surface area is 95.7 Å². The van der Waals surface area contributed by atoms with Crippen LogP contribution in [0.2, 0.25) is 0 Å². The van der Waals surface area contributed by atoms with Gasteiger partial charge in [0, 0.05) is 6.42 Å². The molecule has 1 aliphatic heterocycles. The molecule has 1 aromatic carbocycles. The van der Waals surface area contributed by atoms with Crippen LogP contribution in [0.15, 0.2) is 22.7 Å².